The van der Waals surface area contributed by atoms with Crippen molar-refractivity contribution in [3.05, 3.63) is 0 Å². The fourth-order valence-corrected chi connectivity index (χ4v) is 3.42. The second-order valence-electron chi connectivity index (χ2n) is 5.63. The molecule has 0 aromatic rings. The second-order valence-corrected chi connectivity index (χ2v) is 5.63. The zero-order valence-electron chi connectivity index (χ0n) is 10.8. The highest BCUT2D eigenvalue weighted by molar-refractivity contribution is 5.77. The number of hydrogen-bond acceptors (Lipinski definition) is 2. The van der Waals surface area contributed by atoms with E-state index in [9.17, 15) is 5.11 Å². The molecule has 4 heteroatoms. The van der Waals surface area contributed by atoms with Crippen LogP contribution in [0.25, 0.3) is 0 Å². The fourth-order valence-electron chi connectivity index (χ4n) is 3.42. The molecule has 0 radical (unpaired) electrons. The van der Waals surface area contributed by atoms with Crippen molar-refractivity contribution in [2.45, 2.75) is 51.0 Å². The smallest absolute Gasteiger partial charge is 0.188 e. The Balaban J connectivity index is 1.72. The summed E-state index contributed by atoms with van der Waals surface area (Å²) < 4.78 is 0. The average Bonchev–Trinajstić information content (AvgIpc) is 2.86. The average molecular weight is 239 g/mol. The van der Waals surface area contributed by atoms with Gasteiger partial charge in [0, 0.05) is 13.1 Å². The van der Waals surface area contributed by atoms with Crippen LogP contribution in [0.3, 0.4) is 0 Å². The molecule has 0 heterocycles. The molecule has 0 aromatic heterocycles. The predicted molar refractivity (Wildman–Crippen MR) is 69.8 cm³/mol. The largest absolute Gasteiger partial charge is 0.390 e. The van der Waals surface area contributed by atoms with Crippen molar-refractivity contribution in [2.75, 3.05) is 13.1 Å². The summed E-state index contributed by atoms with van der Waals surface area (Å²) in [5.74, 6) is 1.82. The van der Waals surface area contributed by atoms with Gasteiger partial charge < -0.3 is 16.2 Å². The molecule has 0 aromatic carbocycles. The Labute approximate surface area is 104 Å². The number of aliphatic hydroxyl groups is 1. The molecule has 0 amide bonds. The molecule has 2 rings (SSSR count). The van der Waals surface area contributed by atoms with Gasteiger partial charge in [0.15, 0.2) is 5.96 Å². The quantitative estimate of drug-likeness (QED) is 0.499. The van der Waals surface area contributed by atoms with E-state index in [0.29, 0.717) is 11.9 Å². The first-order valence-electron chi connectivity index (χ1n) is 6.90. The van der Waals surface area contributed by atoms with Crippen LogP contribution in [0.15, 0.2) is 4.99 Å². The van der Waals surface area contributed by atoms with Crippen molar-refractivity contribution < 1.29 is 5.11 Å². The standard InChI is InChI=1S/C13H25N3O/c1-2-6-15-12(14)16-7-5-13(17)9-10-3-4-11(13)8-10/h10-11,17H,2-9H2,1H3,(H3,14,15,16). The summed E-state index contributed by atoms with van der Waals surface area (Å²) in [5, 5.41) is 13.6. The maximum atomic E-state index is 10.5. The van der Waals surface area contributed by atoms with E-state index in [-0.39, 0.29) is 0 Å². The maximum Gasteiger partial charge on any atom is 0.188 e. The van der Waals surface area contributed by atoms with Gasteiger partial charge in [-0.15, -0.1) is 0 Å². The predicted octanol–water partition coefficient (Wildman–Crippen LogP) is 1.24. The topological polar surface area (TPSA) is 70.6 Å². The normalized spacial score (nSPS) is 36.5. The molecule has 4 N–H and O–H groups in total. The summed E-state index contributed by atoms with van der Waals surface area (Å²) in [6.07, 6.45) is 6.56. The van der Waals surface area contributed by atoms with Gasteiger partial charge in [-0.2, -0.15) is 0 Å². The summed E-state index contributed by atoms with van der Waals surface area (Å²) in [5.41, 5.74) is 5.29. The lowest BCUT2D eigenvalue weighted by Crippen LogP contribution is -2.41. The van der Waals surface area contributed by atoms with Crippen LogP contribution in [0.4, 0.5) is 0 Å². The number of rotatable bonds is 5. The molecule has 17 heavy (non-hydrogen) atoms. The number of aliphatic imine (C=N–C) groups is 1. The van der Waals surface area contributed by atoms with E-state index in [1.807, 2.05) is 0 Å². The molecule has 2 bridgehead atoms. The third-order valence-electron chi connectivity index (χ3n) is 4.31. The van der Waals surface area contributed by atoms with E-state index in [2.05, 4.69) is 17.2 Å². The lowest BCUT2D eigenvalue weighted by molar-refractivity contribution is -0.0191. The van der Waals surface area contributed by atoms with Gasteiger partial charge in [0.1, 0.15) is 0 Å². The van der Waals surface area contributed by atoms with Crippen molar-refractivity contribution in [2.24, 2.45) is 22.6 Å². The van der Waals surface area contributed by atoms with E-state index in [4.69, 9.17) is 5.73 Å². The lowest BCUT2D eigenvalue weighted by Gasteiger charge is -2.32. The molecule has 3 atom stereocenters. The van der Waals surface area contributed by atoms with Crippen LogP contribution in [-0.2, 0) is 0 Å². The van der Waals surface area contributed by atoms with Crippen LogP contribution < -0.4 is 11.1 Å². The number of nitrogens with one attached hydrogen (secondary N) is 1. The zero-order chi connectivity index (χ0) is 12.3. The van der Waals surface area contributed by atoms with Gasteiger partial charge in [0.2, 0.25) is 0 Å². The SMILES string of the molecule is CCCN=C(N)NCCC1(O)CC2CCC1C2. The Morgan fingerprint density at radius 3 is 2.94 bits per heavy atom. The number of guanidine groups is 1. The van der Waals surface area contributed by atoms with Crippen LogP contribution in [0, 0.1) is 11.8 Å². The minimum atomic E-state index is -0.430. The van der Waals surface area contributed by atoms with E-state index in [1.165, 1.54) is 19.3 Å². The maximum absolute atomic E-state index is 10.5. The van der Waals surface area contributed by atoms with Crippen LogP contribution in [-0.4, -0.2) is 29.8 Å². The fraction of sp³-hybridized carbons (Fsp3) is 0.923. The summed E-state index contributed by atoms with van der Waals surface area (Å²) in [4.78, 5) is 4.18. The number of nitrogens with zero attached hydrogens (tertiary/aromatic N) is 1. The number of fused-ring (bicyclic) bond motifs is 2. The minimum Gasteiger partial charge on any atom is -0.390 e. The molecule has 2 aliphatic carbocycles. The summed E-state index contributed by atoms with van der Waals surface area (Å²) in [6.45, 7) is 3.58. The van der Waals surface area contributed by atoms with E-state index >= 15 is 0 Å². The molecule has 98 valence electrons. The molecule has 0 aliphatic heterocycles. The molecule has 0 saturated heterocycles. The molecular weight excluding hydrogens is 214 g/mol. The highest BCUT2D eigenvalue weighted by atomic mass is 16.3. The molecular formula is C13H25N3O. The van der Waals surface area contributed by atoms with E-state index in [1.54, 1.807) is 0 Å². The third-order valence-corrected chi connectivity index (χ3v) is 4.31. The van der Waals surface area contributed by atoms with Crippen molar-refractivity contribution >= 4 is 5.96 Å². The zero-order valence-corrected chi connectivity index (χ0v) is 10.8. The van der Waals surface area contributed by atoms with E-state index < -0.39 is 5.60 Å². The first-order valence-corrected chi connectivity index (χ1v) is 6.90. The summed E-state index contributed by atoms with van der Waals surface area (Å²) in [6, 6.07) is 0. The van der Waals surface area contributed by atoms with Crippen molar-refractivity contribution in [3.63, 3.8) is 0 Å². The molecule has 2 saturated carbocycles. The molecule has 0 spiro atoms. The molecule has 3 unspecified atom stereocenters. The van der Waals surface area contributed by atoms with Crippen molar-refractivity contribution in [3.8, 4) is 0 Å². The van der Waals surface area contributed by atoms with Crippen LogP contribution >= 0.6 is 0 Å². The highest BCUT2D eigenvalue weighted by Crippen LogP contribution is 2.51. The van der Waals surface area contributed by atoms with Crippen LogP contribution in [0.1, 0.15) is 45.4 Å². The van der Waals surface area contributed by atoms with Gasteiger partial charge in [-0.1, -0.05) is 6.92 Å². The van der Waals surface area contributed by atoms with Crippen molar-refractivity contribution in [1.82, 2.24) is 5.32 Å². The first kappa shape index (κ1) is 12.7. The van der Waals surface area contributed by atoms with Crippen LogP contribution in [0.2, 0.25) is 0 Å². The molecule has 2 aliphatic rings. The Morgan fingerprint density at radius 1 is 1.53 bits per heavy atom. The van der Waals surface area contributed by atoms with Gasteiger partial charge in [0.25, 0.3) is 0 Å². The highest BCUT2D eigenvalue weighted by Gasteiger charge is 2.49. The summed E-state index contributed by atoms with van der Waals surface area (Å²) >= 11 is 0. The van der Waals surface area contributed by atoms with Gasteiger partial charge in [0.05, 0.1) is 5.60 Å². The van der Waals surface area contributed by atoms with E-state index in [0.717, 1.165) is 38.3 Å². The molecule has 2 fully saturated rings. The Bertz CT molecular complexity index is 292. The van der Waals surface area contributed by atoms with Gasteiger partial charge in [-0.25, -0.2) is 0 Å². The number of hydrogen-bond donors (Lipinski definition) is 3. The lowest BCUT2D eigenvalue weighted by atomic mass is 9.82. The Hall–Kier alpha value is -0.770. The van der Waals surface area contributed by atoms with Gasteiger partial charge >= 0.3 is 0 Å². The monoisotopic (exact) mass is 239 g/mol. The Kier molecular flexibility index (Phi) is 3.92. The van der Waals surface area contributed by atoms with Crippen molar-refractivity contribution in [1.29, 1.82) is 0 Å². The van der Waals surface area contributed by atoms with Gasteiger partial charge in [-0.3, -0.25) is 4.99 Å². The third kappa shape index (κ3) is 2.92. The summed E-state index contributed by atoms with van der Waals surface area (Å²) in [7, 11) is 0. The second kappa shape index (κ2) is 5.25. The minimum absolute atomic E-state index is 0.430. The van der Waals surface area contributed by atoms with Gasteiger partial charge in [-0.05, 0) is 50.4 Å². The van der Waals surface area contributed by atoms with Crippen LogP contribution in [0.5, 0.6) is 0 Å². The number of nitrogens with two attached hydrogens (primary N) is 1. The Morgan fingerprint density at radius 2 is 2.35 bits per heavy atom. The molecule has 4 nitrogen and oxygen atoms in total. The first-order chi connectivity index (χ1) is 8.14.